The van der Waals surface area contributed by atoms with Crippen LogP contribution in [-0.2, 0) is 16.2 Å². The Balaban J connectivity index is 0.851. The maximum absolute atomic E-state index is 7.43. The average molecular weight is 1290 g/mol. The first-order chi connectivity index (χ1) is 49.8. The molecule has 15 aromatic carbocycles. The normalized spacial score (nSPS) is 14.2. The van der Waals surface area contributed by atoms with Gasteiger partial charge < -0.3 is 18.6 Å². The van der Waals surface area contributed by atoms with Crippen molar-refractivity contribution in [3.63, 3.8) is 0 Å². The second kappa shape index (κ2) is 21.5. The maximum atomic E-state index is 7.43. The van der Waals surface area contributed by atoms with Crippen molar-refractivity contribution in [3.8, 4) is 44.5 Å². The fourth-order valence-electron chi connectivity index (χ4n) is 18.5. The van der Waals surface area contributed by atoms with Gasteiger partial charge in [0.05, 0.1) is 33.6 Å². The Morgan fingerprint density at radius 3 is 1.04 bits per heavy atom. The van der Waals surface area contributed by atoms with Crippen molar-refractivity contribution in [1.82, 2.24) is 0 Å². The van der Waals surface area contributed by atoms with E-state index in [9.17, 15) is 0 Å². The minimum atomic E-state index is -0.596. The molecule has 0 saturated heterocycles. The predicted octanol–water partition coefficient (Wildman–Crippen LogP) is 22.9. The summed E-state index contributed by atoms with van der Waals surface area (Å²) in [5.41, 5.74) is 32.5. The SMILES string of the molecule is CC(C)(C)c1cc2c3c(c1)N(c1ccccc1-c1ccc4c(c1)C(c1ccccc1)(c1ccccc1)c1ccccc1-4)c1c(ccc4c1oc1ccccc14)B3c1ccc3c(oc4ccccc43)c1N2c1ccccc1-c1ccc2c(c1)C(c1ccccc1)(c1ccccc1)c1ccccc1-2. The van der Waals surface area contributed by atoms with E-state index in [1.807, 2.05) is 0 Å². The molecule has 101 heavy (non-hydrogen) atoms. The second-order valence-electron chi connectivity index (χ2n) is 28.8. The number of benzene rings is 15. The van der Waals surface area contributed by atoms with Crippen LogP contribution in [-0.4, -0.2) is 6.71 Å². The Hall–Kier alpha value is -12.4. The van der Waals surface area contributed by atoms with Gasteiger partial charge in [-0.2, -0.15) is 0 Å². The number of hydrogen-bond acceptors (Lipinski definition) is 4. The molecule has 474 valence electrons. The van der Waals surface area contributed by atoms with E-state index in [4.69, 9.17) is 8.83 Å². The number of nitrogens with zero attached hydrogens (tertiary/aromatic N) is 2. The number of hydrogen-bond donors (Lipinski definition) is 0. The van der Waals surface area contributed by atoms with E-state index in [-0.39, 0.29) is 12.1 Å². The van der Waals surface area contributed by atoms with Gasteiger partial charge in [-0.3, -0.25) is 0 Å². The second-order valence-corrected chi connectivity index (χ2v) is 28.8. The molecule has 0 unspecified atom stereocenters. The zero-order chi connectivity index (χ0) is 66.9. The van der Waals surface area contributed by atoms with E-state index in [1.165, 1.54) is 77.8 Å². The van der Waals surface area contributed by atoms with E-state index in [0.29, 0.717) is 0 Å². The first-order valence-corrected chi connectivity index (χ1v) is 35.3. The van der Waals surface area contributed by atoms with Gasteiger partial charge in [0.25, 0.3) is 6.71 Å². The molecule has 5 heteroatoms. The summed E-state index contributed by atoms with van der Waals surface area (Å²) in [5, 5.41) is 4.31. The fourth-order valence-corrected chi connectivity index (χ4v) is 18.5. The molecule has 17 aromatic rings. The maximum Gasteiger partial charge on any atom is 0.252 e. The summed E-state index contributed by atoms with van der Waals surface area (Å²) >= 11 is 0. The molecule has 4 aliphatic rings. The van der Waals surface area contributed by atoms with Crippen LogP contribution in [0.25, 0.3) is 88.4 Å². The summed E-state index contributed by atoms with van der Waals surface area (Å²) in [6.07, 6.45) is 0. The third-order valence-corrected chi connectivity index (χ3v) is 22.8. The minimum absolute atomic E-state index is 0.271. The molecule has 4 heterocycles. The van der Waals surface area contributed by atoms with Gasteiger partial charge in [0.2, 0.25) is 0 Å². The van der Waals surface area contributed by atoms with E-state index in [1.54, 1.807) is 0 Å². The average Bonchev–Trinajstić information content (AvgIpc) is 1.11. The molecule has 0 amide bonds. The number of furan rings is 2. The Morgan fingerprint density at radius 1 is 0.287 bits per heavy atom. The van der Waals surface area contributed by atoms with Gasteiger partial charge in [-0.15, -0.1) is 0 Å². The molecule has 2 aliphatic carbocycles. The highest BCUT2D eigenvalue weighted by Gasteiger charge is 2.50. The molecular formula is C96H65BN2O2. The molecule has 2 aliphatic heterocycles. The van der Waals surface area contributed by atoms with Crippen LogP contribution in [0, 0.1) is 0 Å². The lowest BCUT2D eigenvalue weighted by molar-refractivity contribution is 0.590. The van der Waals surface area contributed by atoms with Crippen molar-refractivity contribution < 1.29 is 8.83 Å². The molecule has 2 aromatic heterocycles. The van der Waals surface area contributed by atoms with E-state index >= 15 is 0 Å². The summed E-state index contributed by atoms with van der Waals surface area (Å²) < 4.78 is 14.9. The van der Waals surface area contributed by atoms with Crippen molar-refractivity contribution in [2.75, 3.05) is 9.80 Å². The summed E-state index contributed by atoms with van der Waals surface area (Å²) in [7, 11) is 0. The quantitative estimate of drug-likeness (QED) is 0.142. The van der Waals surface area contributed by atoms with Gasteiger partial charge in [-0.1, -0.05) is 312 Å². The van der Waals surface area contributed by atoms with Gasteiger partial charge >= 0.3 is 0 Å². The van der Waals surface area contributed by atoms with Crippen LogP contribution in [0.1, 0.15) is 70.8 Å². The molecule has 0 spiro atoms. The molecular weight excluding hydrogens is 1220 g/mol. The number of fused-ring (bicyclic) bond motifs is 18. The highest BCUT2D eigenvalue weighted by molar-refractivity contribution is 7.00. The summed E-state index contributed by atoms with van der Waals surface area (Å²) in [4.78, 5) is 5.20. The van der Waals surface area contributed by atoms with Crippen LogP contribution >= 0.6 is 0 Å². The minimum Gasteiger partial charge on any atom is -0.454 e. The Morgan fingerprint density at radius 2 is 0.634 bits per heavy atom. The summed E-state index contributed by atoms with van der Waals surface area (Å²) in [5.74, 6) is 0. The molecule has 0 saturated carbocycles. The van der Waals surface area contributed by atoms with Gasteiger partial charge in [-0.05, 0) is 154 Å². The monoisotopic (exact) mass is 1290 g/mol. The fraction of sp³-hybridized carbons (Fsp3) is 0.0625. The van der Waals surface area contributed by atoms with Crippen LogP contribution in [0.3, 0.4) is 0 Å². The van der Waals surface area contributed by atoms with Crippen molar-refractivity contribution in [2.45, 2.75) is 37.0 Å². The lowest BCUT2D eigenvalue weighted by atomic mass is 9.33. The lowest BCUT2D eigenvalue weighted by Crippen LogP contribution is -2.61. The predicted molar refractivity (Wildman–Crippen MR) is 419 cm³/mol. The van der Waals surface area contributed by atoms with Crippen molar-refractivity contribution >= 4 is 101 Å². The van der Waals surface area contributed by atoms with Crippen molar-refractivity contribution in [3.05, 3.63) is 390 Å². The molecule has 0 fully saturated rings. The third kappa shape index (κ3) is 7.97. The van der Waals surface area contributed by atoms with Crippen LogP contribution in [0.5, 0.6) is 0 Å². The van der Waals surface area contributed by atoms with E-state index in [2.05, 4.69) is 370 Å². The highest BCUT2D eigenvalue weighted by Crippen LogP contribution is 2.61. The van der Waals surface area contributed by atoms with Crippen molar-refractivity contribution in [2.24, 2.45) is 0 Å². The van der Waals surface area contributed by atoms with Crippen molar-refractivity contribution in [1.29, 1.82) is 0 Å². The molecule has 0 radical (unpaired) electrons. The number of anilines is 6. The van der Waals surface area contributed by atoms with Gasteiger partial charge in [0.15, 0.2) is 11.2 Å². The first-order valence-electron chi connectivity index (χ1n) is 35.3. The third-order valence-electron chi connectivity index (χ3n) is 22.8. The van der Waals surface area contributed by atoms with Crippen LogP contribution in [0.4, 0.5) is 34.1 Å². The summed E-state index contributed by atoms with van der Waals surface area (Å²) in [6, 6.07) is 127. The zero-order valence-electron chi connectivity index (χ0n) is 56.1. The Labute approximate surface area is 587 Å². The van der Waals surface area contributed by atoms with Crippen LogP contribution in [0.2, 0.25) is 0 Å². The van der Waals surface area contributed by atoms with Crippen LogP contribution in [0.15, 0.2) is 349 Å². The van der Waals surface area contributed by atoms with Gasteiger partial charge in [0, 0.05) is 44.0 Å². The zero-order valence-corrected chi connectivity index (χ0v) is 56.1. The summed E-state index contributed by atoms with van der Waals surface area (Å²) in [6.45, 7) is 6.81. The first kappa shape index (κ1) is 57.6. The van der Waals surface area contributed by atoms with Crippen LogP contribution < -0.4 is 26.2 Å². The lowest BCUT2D eigenvalue weighted by Gasteiger charge is -2.45. The Kier molecular flexibility index (Phi) is 12.3. The van der Waals surface area contributed by atoms with E-state index < -0.39 is 10.8 Å². The Bertz CT molecular complexity index is 5830. The number of para-hydroxylation sites is 4. The molecule has 0 atom stereocenters. The van der Waals surface area contributed by atoms with E-state index in [0.717, 1.165) is 111 Å². The highest BCUT2D eigenvalue weighted by atomic mass is 16.3. The standard InChI is InChI=1S/C96H65BN2O2/c1-94(2,3)66-58-85-89-86(59-66)99(84-45-25-19-37-68(84)61-49-51-72-70-39-17-23-43-78(70)96(80(72)57-61,64-32-12-6-13-33-64)65-34-14-7-15-35-65)91-82(55-53-76-74-41-21-27-47-88(74)101-93(76)91)97(89)81-54-52-75-73-40-20-26-46-87(73)100-92(75)90(81)98(85)83-44-24-18-36-67(83)60-48-50-71-69-38-16-22-42-77(69)95(79(71)56-60,62-28-8-4-9-29-62)63-30-10-5-11-31-63/h4-59H,1-3H3. The molecule has 0 N–H and O–H groups in total. The van der Waals surface area contributed by atoms with Gasteiger partial charge in [-0.25, -0.2) is 0 Å². The molecule has 4 nitrogen and oxygen atoms in total. The molecule has 0 bridgehead atoms. The molecule has 21 rings (SSSR count). The van der Waals surface area contributed by atoms with Gasteiger partial charge in [0.1, 0.15) is 11.2 Å². The smallest absolute Gasteiger partial charge is 0.252 e. The number of rotatable bonds is 8. The largest absolute Gasteiger partial charge is 0.454 e. The topological polar surface area (TPSA) is 32.8 Å².